The van der Waals surface area contributed by atoms with Crippen LogP contribution < -0.4 is 11.1 Å². The number of carbonyl (C=O) groups excluding carboxylic acids is 1. The number of nitrogens with one attached hydrogen (secondary N) is 1. The summed E-state index contributed by atoms with van der Waals surface area (Å²) in [5.41, 5.74) is 5.37. The van der Waals surface area contributed by atoms with Gasteiger partial charge in [0.25, 0.3) is 0 Å². The molecule has 0 aliphatic heterocycles. The smallest absolute Gasteiger partial charge is 0.337 e. The van der Waals surface area contributed by atoms with E-state index < -0.39 is 11.9 Å². The summed E-state index contributed by atoms with van der Waals surface area (Å²) in [5, 5.41) is 11.3. The molecule has 1 rings (SSSR count). The van der Waals surface area contributed by atoms with E-state index in [0.29, 0.717) is 4.47 Å². The van der Waals surface area contributed by atoms with Crippen molar-refractivity contribution in [1.82, 2.24) is 0 Å². The zero-order chi connectivity index (χ0) is 11.4. The summed E-state index contributed by atoms with van der Waals surface area (Å²) in [4.78, 5) is 21.8. The van der Waals surface area contributed by atoms with Crippen molar-refractivity contribution in [2.45, 2.75) is 0 Å². The second kappa shape index (κ2) is 4.90. The Labute approximate surface area is 94.4 Å². The van der Waals surface area contributed by atoms with Gasteiger partial charge in [0.05, 0.1) is 17.8 Å². The van der Waals surface area contributed by atoms with Crippen LogP contribution in [-0.2, 0) is 4.79 Å². The van der Waals surface area contributed by atoms with Crippen LogP contribution in [0.4, 0.5) is 5.69 Å². The van der Waals surface area contributed by atoms with Gasteiger partial charge in [-0.15, -0.1) is 0 Å². The van der Waals surface area contributed by atoms with Gasteiger partial charge in [0, 0.05) is 4.47 Å². The maximum atomic E-state index is 11.0. The lowest BCUT2D eigenvalue weighted by molar-refractivity contribution is -0.114. The Balaban J connectivity index is 3.07. The van der Waals surface area contributed by atoms with Crippen LogP contribution in [-0.4, -0.2) is 23.5 Å². The number of carboxylic acids is 1. The lowest BCUT2D eigenvalue weighted by atomic mass is 10.2. The van der Waals surface area contributed by atoms with Gasteiger partial charge in [0.1, 0.15) is 0 Å². The minimum Gasteiger partial charge on any atom is -0.478 e. The summed E-state index contributed by atoms with van der Waals surface area (Å²) in [6.07, 6.45) is 0. The van der Waals surface area contributed by atoms with E-state index in [-0.39, 0.29) is 17.8 Å². The van der Waals surface area contributed by atoms with Gasteiger partial charge in [-0.3, -0.25) is 4.79 Å². The SMILES string of the molecule is NCC(=O)Nc1cc(Br)ccc1C(=O)O. The van der Waals surface area contributed by atoms with Crippen molar-refractivity contribution in [2.24, 2.45) is 5.73 Å². The van der Waals surface area contributed by atoms with Crippen molar-refractivity contribution in [1.29, 1.82) is 0 Å². The summed E-state index contributed by atoms with van der Waals surface area (Å²) >= 11 is 3.18. The van der Waals surface area contributed by atoms with Gasteiger partial charge in [-0.25, -0.2) is 4.79 Å². The van der Waals surface area contributed by atoms with E-state index in [4.69, 9.17) is 10.8 Å². The molecular weight excluding hydrogens is 264 g/mol. The molecule has 0 radical (unpaired) electrons. The van der Waals surface area contributed by atoms with Gasteiger partial charge >= 0.3 is 5.97 Å². The number of aromatic carboxylic acids is 1. The maximum absolute atomic E-state index is 11.0. The Morgan fingerprint density at radius 2 is 2.13 bits per heavy atom. The Morgan fingerprint density at radius 1 is 1.47 bits per heavy atom. The summed E-state index contributed by atoms with van der Waals surface area (Å²) in [5.74, 6) is -1.54. The average Bonchev–Trinajstić information content (AvgIpc) is 2.17. The van der Waals surface area contributed by atoms with Gasteiger partial charge in [0.15, 0.2) is 0 Å². The van der Waals surface area contributed by atoms with Gasteiger partial charge in [-0.1, -0.05) is 15.9 Å². The molecule has 0 saturated carbocycles. The van der Waals surface area contributed by atoms with Crippen molar-refractivity contribution in [2.75, 3.05) is 11.9 Å². The molecule has 4 N–H and O–H groups in total. The molecule has 0 heterocycles. The van der Waals surface area contributed by atoms with Crippen LogP contribution in [0.3, 0.4) is 0 Å². The van der Waals surface area contributed by atoms with Crippen LogP contribution in [0.1, 0.15) is 10.4 Å². The Kier molecular flexibility index (Phi) is 3.81. The first kappa shape index (κ1) is 11.7. The molecule has 0 aliphatic rings. The van der Waals surface area contributed by atoms with Crippen LogP contribution >= 0.6 is 15.9 Å². The molecule has 0 bridgehead atoms. The molecule has 0 saturated heterocycles. The summed E-state index contributed by atoms with van der Waals surface area (Å²) in [6.45, 7) is -0.189. The van der Waals surface area contributed by atoms with E-state index >= 15 is 0 Å². The number of hydrogen-bond acceptors (Lipinski definition) is 3. The maximum Gasteiger partial charge on any atom is 0.337 e. The van der Waals surface area contributed by atoms with E-state index in [0.717, 1.165) is 0 Å². The standard InChI is InChI=1S/C9H9BrN2O3/c10-5-1-2-6(9(14)15)7(3-5)12-8(13)4-11/h1-3H,4,11H2,(H,12,13)(H,14,15). The molecule has 0 fully saturated rings. The quantitative estimate of drug-likeness (QED) is 0.767. The fraction of sp³-hybridized carbons (Fsp3) is 0.111. The highest BCUT2D eigenvalue weighted by atomic mass is 79.9. The number of nitrogens with two attached hydrogens (primary N) is 1. The van der Waals surface area contributed by atoms with E-state index in [9.17, 15) is 9.59 Å². The molecule has 15 heavy (non-hydrogen) atoms. The largest absolute Gasteiger partial charge is 0.478 e. The van der Waals surface area contributed by atoms with Crippen molar-refractivity contribution < 1.29 is 14.7 Å². The lowest BCUT2D eigenvalue weighted by Gasteiger charge is -2.07. The molecule has 5 nitrogen and oxygen atoms in total. The summed E-state index contributed by atoms with van der Waals surface area (Å²) in [6, 6.07) is 4.50. The van der Waals surface area contributed by atoms with Crippen molar-refractivity contribution in [3.63, 3.8) is 0 Å². The average molecular weight is 273 g/mol. The lowest BCUT2D eigenvalue weighted by Crippen LogP contribution is -2.23. The highest BCUT2D eigenvalue weighted by molar-refractivity contribution is 9.10. The zero-order valence-electron chi connectivity index (χ0n) is 7.66. The first-order chi connectivity index (χ1) is 7.04. The van der Waals surface area contributed by atoms with Crippen molar-refractivity contribution in [3.05, 3.63) is 28.2 Å². The molecule has 1 aromatic carbocycles. The molecule has 80 valence electrons. The molecule has 6 heteroatoms. The summed E-state index contributed by atoms with van der Waals surface area (Å²) < 4.78 is 0.680. The molecule has 0 aromatic heterocycles. The third kappa shape index (κ3) is 3.03. The number of anilines is 1. The Morgan fingerprint density at radius 3 is 2.67 bits per heavy atom. The Hall–Kier alpha value is -1.40. The molecule has 0 unspecified atom stereocenters. The van der Waals surface area contributed by atoms with Crippen molar-refractivity contribution >= 4 is 33.5 Å². The second-order valence-corrected chi connectivity index (χ2v) is 3.66. The first-order valence-corrected chi connectivity index (χ1v) is 4.86. The number of amides is 1. The normalized spacial score (nSPS) is 9.73. The number of carbonyl (C=O) groups is 2. The van der Waals surface area contributed by atoms with Gasteiger partial charge in [0.2, 0.25) is 5.91 Å². The summed E-state index contributed by atoms with van der Waals surface area (Å²) in [7, 11) is 0. The molecule has 1 amide bonds. The molecule has 0 spiro atoms. The van der Waals surface area contributed by atoms with Crippen LogP contribution in [0.15, 0.2) is 22.7 Å². The van der Waals surface area contributed by atoms with Gasteiger partial charge in [-0.2, -0.15) is 0 Å². The zero-order valence-corrected chi connectivity index (χ0v) is 9.24. The highest BCUT2D eigenvalue weighted by Gasteiger charge is 2.11. The van der Waals surface area contributed by atoms with E-state index in [2.05, 4.69) is 21.2 Å². The van der Waals surface area contributed by atoms with Crippen LogP contribution in [0, 0.1) is 0 Å². The first-order valence-electron chi connectivity index (χ1n) is 4.07. The minimum absolute atomic E-state index is 0.0278. The predicted octanol–water partition coefficient (Wildman–Crippen LogP) is 1.04. The fourth-order valence-electron chi connectivity index (χ4n) is 1.01. The third-order valence-electron chi connectivity index (χ3n) is 1.67. The molecule has 1 aromatic rings. The second-order valence-electron chi connectivity index (χ2n) is 2.75. The van der Waals surface area contributed by atoms with Crippen LogP contribution in [0.5, 0.6) is 0 Å². The number of benzene rings is 1. The topological polar surface area (TPSA) is 92.4 Å². The molecule has 0 aliphatic carbocycles. The van der Waals surface area contributed by atoms with E-state index in [1.807, 2.05) is 0 Å². The number of carboxylic acid groups (broad SMARTS) is 1. The third-order valence-corrected chi connectivity index (χ3v) is 2.16. The minimum atomic E-state index is -1.10. The Bertz CT molecular complexity index is 406. The van der Waals surface area contributed by atoms with E-state index in [1.165, 1.54) is 12.1 Å². The number of rotatable bonds is 3. The van der Waals surface area contributed by atoms with Crippen LogP contribution in [0.25, 0.3) is 0 Å². The van der Waals surface area contributed by atoms with Gasteiger partial charge in [-0.05, 0) is 18.2 Å². The highest BCUT2D eigenvalue weighted by Crippen LogP contribution is 2.21. The van der Waals surface area contributed by atoms with Crippen molar-refractivity contribution in [3.8, 4) is 0 Å². The number of hydrogen-bond donors (Lipinski definition) is 3. The fourth-order valence-corrected chi connectivity index (χ4v) is 1.37. The van der Waals surface area contributed by atoms with Crippen LogP contribution in [0.2, 0.25) is 0 Å². The molecular formula is C9H9BrN2O3. The monoisotopic (exact) mass is 272 g/mol. The number of halogens is 1. The van der Waals surface area contributed by atoms with Gasteiger partial charge < -0.3 is 16.2 Å². The predicted molar refractivity (Wildman–Crippen MR) is 58.8 cm³/mol. The van der Waals surface area contributed by atoms with E-state index in [1.54, 1.807) is 6.07 Å². The molecule has 0 atom stereocenters.